The lowest BCUT2D eigenvalue weighted by Crippen LogP contribution is -2.42. The van der Waals surface area contributed by atoms with Gasteiger partial charge in [-0.15, -0.1) is 0 Å². The van der Waals surface area contributed by atoms with Crippen molar-refractivity contribution in [2.45, 2.75) is 20.8 Å². The number of amides is 4. The van der Waals surface area contributed by atoms with E-state index in [1.54, 1.807) is 47.4 Å². The van der Waals surface area contributed by atoms with Crippen LogP contribution in [0.25, 0.3) is 0 Å². The first kappa shape index (κ1) is 20.6. The van der Waals surface area contributed by atoms with Crippen molar-refractivity contribution >= 4 is 35.0 Å². The summed E-state index contributed by atoms with van der Waals surface area (Å²) in [5.41, 5.74) is 0.917. The molecule has 2 aromatic rings. The van der Waals surface area contributed by atoms with E-state index in [0.717, 1.165) is 4.90 Å². The Bertz CT molecular complexity index is 1070. The predicted octanol–water partition coefficient (Wildman–Crippen LogP) is 2.69. The Morgan fingerprint density at radius 1 is 1.03 bits per heavy atom. The third kappa shape index (κ3) is 3.54. The van der Waals surface area contributed by atoms with Crippen LogP contribution in [0.15, 0.2) is 42.5 Å². The van der Waals surface area contributed by atoms with E-state index in [4.69, 9.17) is 4.74 Å². The summed E-state index contributed by atoms with van der Waals surface area (Å²) in [7, 11) is 0. The number of carbonyl (C=O) groups excluding carboxylic acids is 4. The lowest BCUT2D eigenvalue weighted by atomic mass is 9.93. The molecule has 0 saturated carbocycles. The van der Waals surface area contributed by atoms with Gasteiger partial charge in [0.15, 0.2) is 0 Å². The first-order chi connectivity index (χ1) is 14.7. The molecule has 0 fully saturated rings. The number of benzene rings is 2. The highest BCUT2D eigenvalue weighted by atomic mass is 16.5. The number of hydrogen-bond donors (Lipinski definition) is 1. The van der Waals surface area contributed by atoms with Gasteiger partial charge in [0.2, 0.25) is 11.8 Å². The number of ether oxygens (including phenoxy) is 1. The van der Waals surface area contributed by atoms with Crippen molar-refractivity contribution in [1.82, 2.24) is 4.90 Å². The van der Waals surface area contributed by atoms with E-state index < -0.39 is 29.7 Å². The number of nitrogens with zero attached hydrogens (tertiary/aromatic N) is 2. The fraction of sp³-hybridized carbons (Fsp3) is 0.304. The predicted molar refractivity (Wildman–Crippen MR) is 114 cm³/mol. The average Bonchev–Trinajstić information content (AvgIpc) is 2.92. The highest BCUT2D eigenvalue weighted by Crippen LogP contribution is 2.38. The molecule has 31 heavy (non-hydrogen) atoms. The number of hydrogen-bond acceptors (Lipinski definition) is 5. The Hall–Kier alpha value is -3.68. The lowest BCUT2D eigenvalue weighted by Gasteiger charge is -2.27. The van der Waals surface area contributed by atoms with Crippen LogP contribution in [0.4, 0.5) is 11.4 Å². The zero-order chi connectivity index (χ0) is 22.3. The first-order valence-electron chi connectivity index (χ1n) is 10.1. The van der Waals surface area contributed by atoms with Crippen molar-refractivity contribution < 1.29 is 23.9 Å². The monoisotopic (exact) mass is 421 g/mol. The summed E-state index contributed by atoms with van der Waals surface area (Å²) in [6.07, 6.45) is 0. The summed E-state index contributed by atoms with van der Waals surface area (Å²) in [5.74, 6) is -1.01. The van der Waals surface area contributed by atoms with Crippen molar-refractivity contribution in [3.8, 4) is 5.75 Å². The molecular weight excluding hydrogens is 398 g/mol. The Morgan fingerprint density at radius 2 is 1.68 bits per heavy atom. The summed E-state index contributed by atoms with van der Waals surface area (Å²) in [4.78, 5) is 53.0. The molecule has 0 spiro atoms. The number of nitrogens with one attached hydrogen (secondary N) is 1. The largest absolute Gasteiger partial charge is 0.490 e. The van der Waals surface area contributed by atoms with Crippen molar-refractivity contribution in [2.75, 3.05) is 29.9 Å². The van der Waals surface area contributed by atoms with Crippen LogP contribution in [0.5, 0.6) is 5.75 Å². The van der Waals surface area contributed by atoms with Crippen LogP contribution in [-0.2, 0) is 9.59 Å². The molecule has 0 saturated heterocycles. The van der Waals surface area contributed by atoms with Gasteiger partial charge in [0.1, 0.15) is 18.9 Å². The molecule has 2 aliphatic heterocycles. The van der Waals surface area contributed by atoms with Gasteiger partial charge < -0.3 is 15.0 Å². The minimum absolute atomic E-state index is 0.0664. The summed E-state index contributed by atoms with van der Waals surface area (Å²) in [5, 5.41) is 2.71. The van der Waals surface area contributed by atoms with Crippen LogP contribution in [0.3, 0.4) is 0 Å². The first-order valence-corrected chi connectivity index (χ1v) is 10.1. The van der Waals surface area contributed by atoms with Crippen LogP contribution < -0.4 is 15.0 Å². The smallest absolute Gasteiger partial charge is 0.262 e. The second kappa shape index (κ2) is 7.54. The van der Waals surface area contributed by atoms with Gasteiger partial charge in [-0.25, -0.2) is 0 Å². The number of anilines is 2. The van der Waals surface area contributed by atoms with E-state index in [-0.39, 0.29) is 12.5 Å². The molecule has 2 aliphatic rings. The Kier molecular flexibility index (Phi) is 5.00. The maximum atomic E-state index is 12.9. The molecule has 1 N–H and O–H groups in total. The second-order valence-electron chi connectivity index (χ2n) is 8.19. The summed E-state index contributed by atoms with van der Waals surface area (Å²) in [6.45, 7) is 5.83. The molecule has 8 nitrogen and oxygen atoms in total. The van der Waals surface area contributed by atoms with Gasteiger partial charge in [0.05, 0.1) is 22.2 Å². The normalized spacial score (nSPS) is 17.1. The van der Waals surface area contributed by atoms with Gasteiger partial charge in [-0.3, -0.25) is 24.1 Å². The fourth-order valence-corrected chi connectivity index (χ4v) is 3.76. The highest BCUT2D eigenvalue weighted by molar-refractivity contribution is 6.22. The zero-order valence-electron chi connectivity index (χ0n) is 17.6. The molecule has 8 heteroatoms. The van der Waals surface area contributed by atoms with Crippen LogP contribution in [0.2, 0.25) is 0 Å². The van der Waals surface area contributed by atoms with Crippen molar-refractivity contribution in [1.29, 1.82) is 0 Å². The second-order valence-corrected chi connectivity index (χ2v) is 8.19. The van der Waals surface area contributed by atoms with E-state index in [1.165, 1.54) is 0 Å². The van der Waals surface area contributed by atoms with Crippen molar-refractivity contribution in [2.24, 2.45) is 5.41 Å². The molecule has 160 valence electrons. The van der Waals surface area contributed by atoms with Gasteiger partial charge in [0.25, 0.3) is 11.8 Å². The SMILES string of the molecule is CCN1C(=O)C(C)(C)COc2ccc(NC(=O)CN3C(=O)c4ccccc4C3=O)cc21. The summed E-state index contributed by atoms with van der Waals surface area (Å²) in [6, 6.07) is 11.5. The molecule has 4 amide bonds. The molecule has 0 atom stereocenters. The van der Waals surface area contributed by atoms with Crippen molar-refractivity contribution in [3.63, 3.8) is 0 Å². The standard InChI is InChI=1S/C23H23N3O5/c1-4-25-17-11-14(9-10-18(17)31-13-23(2,3)22(25)30)24-19(27)12-26-20(28)15-7-5-6-8-16(15)21(26)29/h5-11H,4,12-13H2,1-3H3,(H,24,27). The molecule has 0 radical (unpaired) electrons. The maximum absolute atomic E-state index is 12.9. The minimum atomic E-state index is -0.677. The minimum Gasteiger partial charge on any atom is -0.490 e. The van der Waals surface area contributed by atoms with E-state index in [0.29, 0.717) is 34.8 Å². The molecule has 4 rings (SSSR count). The summed E-state index contributed by atoms with van der Waals surface area (Å²) >= 11 is 0. The highest BCUT2D eigenvalue weighted by Gasteiger charge is 2.38. The molecule has 0 bridgehead atoms. The molecular formula is C23H23N3O5. The Morgan fingerprint density at radius 3 is 2.29 bits per heavy atom. The Balaban J connectivity index is 1.52. The number of fused-ring (bicyclic) bond motifs is 2. The van der Waals surface area contributed by atoms with Crippen LogP contribution >= 0.6 is 0 Å². The molecule has 0 aliphatic carbocycles. The van der Waals surface area contributed by atoms with E-state index in [1.807, 2.05) is 20.8 Å². The van der Waals surface area contributed by atoms with Gasteiger partial charge in [-0.2, -0.15) is 0 Å². The van der Waals surface area contributed by atoms with E-state index >= 15 is 0 Å². The number of rotatable bonds is 4. The fourth-order valence-electron chi connectivity index (χ4n) is 3.76. The van der Waals surface area contributed by atoms with Gasteiger partial charge in [0, 0.05) is 12.2 Å². The van der Waals surface area contributed by atoms with E-state index in [2.05, 4.69) is 5.32 Å². The quantitative estimate of drug-likeness (QED) is 0.766. The zero-order valence-corrected chi connectivity index (χ0v) is 17.6. The molecule has 2 heterocycles. The lowest BCUT2D eigenvalue weighted by molar-refractivity contribution is -0.127. The third-order valence-corrected chi connectivity index (χ3v) is 5.44. The van der Waals surface area contributed by atoms with Crippen molar-refractivity contribution in [3.05, 3.63) is 53.6 Å². The average molecular weight is 421 g/mol. The topological polar surface area (TPSA) is 96.0 Å². The van der Waals surface area contributed by atoms with Crippen LogP contribution in [0, 0.1) is 5.41 Å². The van der Waals surface area contributed by atoms with Gasteiger partial charge in [-0.1, -0.05) is 12.1 Å². The third-order valence-electron chi connectivity index (χ3n) is 5.44. The molecule has 0 unspecified atom stereocenters. The van der Waals surface area contributed by atoms with Crippen LogP contribution in [-0.4, -0.2) is 48.2 Å². The number of imide groups is 1. The van der Waals surface area contributed by atoms with Crippen LogP contribution in [0.1, 0.15) is 41.5 Å². The molecule has 0 aromatic heterocycles. The van der Waals surface area contributed by atoms with Gasteiger partial charge in [-0.05, 0) is 51.1 Å². The maximum Gasteiger partial charge on any atom is 0.262 e. The molecule has 2 aromatic carbocycles. The van der Waals surface area contributed by atoms with Gasteiger partial charge >= 0.3 is 0 Å². The summed E-state index contributed by atoms with van der Waals surface area (Å²) < 4.78 is 5.83. The van der Waals surface area contributed by atoms with E-state index in [9.17, 15) is 19.2 Å². The Labute approximate surface area is 179 Å². The number of carbonyl (C=O) groups is 4.